The van der Waals surface area contributed by atoms with Crippen molar-refractivity contribution in [3.8, 4) is 0 Å². The Labute approximate surface area is 148 Å². The first-order valence-electron chi connectivity index (χ1n) is 9.21. The number of piperidine rings is 1. The molecule has 0 unspecified atom stereocenters. The van der Waals surface area contributed by atoms with Crippen LogP contribution in [0.25, 0.3) is 0 Å². The first-order chi connectivity index (χ1) is 12.2. The summed E-state index contributed by atoms with van der Waals surface area (Å²) < 4.78 is 4.05. The second kappa shape index (κ2) is 6.63. The van der Waals surface area contributed by atoms with Gasteiger partial charge >= 0.3 is 0 Å². The molecule has 1 N–H and O–H groups in total. The lowest BCUT2D eigenvalue weighted by molar-refractivity contribution is -0.139. The molecule has 0 bridgehead atoms. The zero-order valence-corrected chi connectivity index (χ0v) is 14.9. The fourth-order valence-electron chi connectivity index (χ4n) is 3.91. The number of amides is 1. The van der Waals surface area contributed by atoms with Gasteiger partial charge in [-0.05, 0) is 32.3 Å². The van der Waals surface area contributed by atoms with Crippen LogP contribution in [0.4, 0.5) is 0 Å². The molecule has 0 radical (unpaired) electrons. The lowest BCUT2D eigenvalue weighted by Crippen LogP contribution is -2.52. The highest BCUT2D eigenvalue weighted by Crippen LogP contribution is 2.40. The molecular formula is C18H26N6O. The maximum absolute atomic E-state index is 12.6. The summed E-state index contributed by atoms with van der Waals surface area (Å²) in [6.07, 6.45) is 9.31. The molecule has 4 rings (SSSR count). The number of aryl methyl sites for hydroxylation is 2. The van der Waals surface area contributed by atoms with E-state index in [4.69, 9.17) is 0 Å². The van der Waals surface area contributed by atoms with E-state index < -0.39 is 0 Å². The molecule has 7 nitrogen and oxygen atoms in total. The lowest BCUT2D eigenvalue weighted by atomic mass is 9.94. The SMILES string of the molecule is CCn1nccc1CN[C@@H]1CCC(=O)N(C2CC2)[C@H]1c1nccn1C. The van der Waals surface area contributed by atoms with Gasteiger partial charge in [-0.1, -0.05) is 0 Å². The summed E-state index contributed by atoms with van der Waals surface area (Å²) in [5.41, 5.74) is 1.18. The van der Waals surface area contributed by atoms with Gasteiger partial charge < -0.3 is 14.8 Å². The van der Waals surface area contributed by atoms with Crippen molar-refractivity contribution in [1.82, 2.24) is 29.5 Å². The average Bonchev–Trinajstić information content (AvgIpc) is 3.19. The molecule has 3 heterocycles. The van der Waals surface area contributed by atoms with Crippen molar-refractivity contribution in [3.05, 3.63) is 36.2 Å². The molecule has 1 saturated heterocycles. The van der Waals surface area contributed by atoms with Crippen LogP contribution in [0.1, 0.15) is 50.2 Å². The van der Waals surface area contributed by atoms with Crippen molar-refractivity contribution in [3.63, 3.8) is 0 Å². The lowest BCUT2D eigenvalue weighted by Gasteiger charge is -2.41. The zero-order chi connectivity index (χ0) is 17.4. The van der Waals surface area contributed by atoms with Crippen LogP contribution in [0.3, 0.4) is 0 Å². The molecule has 1 saturated carbocycles. The van der Waals surface area contributed by atoms with Gasteiger partial charge in [0.15, 0.2) is 0 Å². The van der Waals surface area contributed by atoms with Crippen LogP contribution in [-0.4, -0.2) is 42.2 Å². The highest BCUT2D eigenvalue weighted by Gasteiger charge is 2.45. The quantitative estimate of drug-likeness (QED) is 0.866. The van der Waals surface area contributed by atoms with Gasteiger partial charge in [-0.15, -0.1) is 0 Å². The van der Waals surface area contributed by atoms with E-state index in [1.165, 1.54) is 5.69 Å². The Morgan fingerprint density at radius 1 is 1.28 bits per heavy atom. The smallest absolute Gasteiger partial charge is 0.223 e. The van der Waals surface area contributed by atoms with Crippen molar-refractivity contribution in [2.45, 2.75) is 63.8 Å². The molecule has 7 heteroatoms. The van der Waals surface area contributed by atoms with Gasteiger partial charge in [0.05, 0.1) is 5.69 Å². The predicted molar refractivity (Wildman–Crippen MR) is 93.6 cm³/mol. The number of nitrogens with one attached hydrogen (secondary N) is 1. The molecule has 1 amide bonds. The van der Waals surface area contributed by atoms with Crippen LogP contribution in [-0.2, 0) is 24.9 Å². The predicted octanol–water partition coefficient (Wildman–Crippen LogP) is 1.62. The Balaban J connectivity index is 1.58. The second-order valence-corrected chi connectivity index (χ2v) is 7.04. The van der Waals surface area contributed by atoms with Gasteiger partial charge in [-0.3, -0.25) is 9.48 Å². The van der Waals surface area contributed by atoms with Crippen molar-refractivity contribution in [1.29, 1.82) is 0 Å². The Bertz CT molecular complexity index is 746. The van der Waals surface area contributed by atoms with E-state index in [0.29, 0.717) is 12.5 Å². The fourth-order valence-corrected chi connectivity index (χ4v) is 3.91. The van der Waals surface area contributed by atoms with Crippen LogP contribution in [0.2, 0.25) is 0 Å². The number of likely N-dealkylation sites (tertiary alicyclic amines) is 1. The summed E-state index contributed by atoms with van der Waals surface area (Å²) >= 11 is 0. The number of imidazole rings is 1. The molecule has 25 heavy (non-hydrogen) atoms. The van der Waals surface area contributed by atoms with Crippen LogP contribution in [0, 0.1) is 0 Å². The molecule has 1 aliphatic carbocycles. The molecule has 2 aromatic heterocycles. The van der Waals surface area contributed by atoms with Crippen LogP contribution in [0.5, 0.6) is 0 Å². The number of aromatic nitrogens is 4. The third-order valence-electron chi connectivity index (χ3n) is 5.35. The summed E-state index contributed by atoms with van der Waals surface area (Å²) in [6, 6.07) is 2.66. The monoisotopic (exact) mass is 342 g/mol. The van der Waals surface area contributed by atoms with Crippen LogP contribution in [0.15, 0.2) is 24.7 Å². The van der Waals surface area contributed by atoms with E-state index in [2.05, 4.69) is 33.3 Å². The van der Waals surface area contributed by atoms with Crippen molar-refractivity contribution < 1.29 is 4.79 Å². The first kappa shape index (κ1) is 16.3. The van der Waals surface area contributed by atoms with Gasteiger partial charge in [0.2, 0.25) is 5.91 Å². The van der Waals surface area contributed by atoms with E-state index in [-0.39, 0.29) is 18.0 Å². The minimum atomic E-state index is 0.00625. The molecule has 0 aromatic carbocycles. The van der Waals surface area contributed by atoms with Gasteiger partial charge in [0.1, 0.15) is 11.9 Å². The third kappa shape index (κ3) is 3.08. The van der Waals surface area contributed by atoms with E-state index in [1.54, 1.807) is 0 Å². The summed E-state index contributed by atoms with van der Waals surface area (Å²) in [7, 11) is 2.01. The normalized spacial score (nSPS) is 24.1. The Morgan fingerprint density at radius 3 is 2.80 bits per heavy atom. The van der Waals surface area contributed by atoms with E-state index in [1.807, 2.05) is 34.9 Å². The molecule has 2 fully saturated rings. The molecule has 1 aliphatic heterocycles. The van der Waals surface area contributed by atoms with Crippen molar-refractivity contribution >= 4 is 5.91 Å². The van der Waals surface area contributed by atoms with E-state index >= 15 is 0 Å². The fraction of sp³-hybridized carbons (Fsp3) is 0.611. The number of nitrogens with zero attached hydrogens (tertiary/aromatic N) is 5. The largest absolute Gasteiger partial charge is 0.336 e. The number of hydrogen-bond donors (Lipinski definition) is 1. The Hall–Kier alpha value is -2.15. The number of hydrogen-bond acceptors (Lipinski definition) is 4. The van der Waals surface area contributed by atoms with Gasteiger partial charge in [-0.2, -0.15) is 5.10 Å². The number of carbonyl (C=O) groups excluding carboxylic acids is 1. The van der Waals surface area contributed by atoms with Gasteiger partial charge in [0, 0.05) is 57.2 Å². The second-order valence-electron chi connectivity index (χ2n) is 7.04. The topological polar surface area (TPSA) is 68.0 Å². The molecular weight excluding hydrogens is 316 g/mol. The van der Waals surface area contributed by atoms with Gasteiger partial charge in [0.25, 0.3) is 0 Å². The Morgan fingerprint density at radius 2 is 2.12 bits per heavy atom. The minimum absolute atomic E-state index is 0.00625. The summed E-state index contributed by atoms with van der Waals surface area (Å²) in [5, 5.41) is 8.03. The molecule has 134 valence electrons. The average molecular weight is 342 g/mol. The van der Waals surface area contributed by atoms with Gasteiger partial charge in [-0.25, -0.2) is 4.98 Å². The zero-order valence-electron chi connectivity index (χ0n) is 14.9. The first-order valence-corrected chi connectivity index (χ1v) is 9.21. The van der Waals surface area contributed by atoms with Crippen LogP contribution >= 0.6 is 0 Å². The standard InChI is InChI=1S/C18H26N6O/c1-3-23-14(8-9-21-23)12-20-15-6-7-16(25)24(13-4-5-13)17(15)18-19-10-11-22(18)2/h8-11,13,15,17,20H,3-7,12H2,1-2H3/t15-,17-/m1/s1. The molecule has 2 aromatic rings. The Kier molecular flexibility index (Phi) is 4.33. The summed E-state index contributed by atoms with van der Waals surface area (Å²) in [6.45, 7) is 3.72. The minimum Gasteiger partial charge on any atom is -0.336 e. The highest BCUT2D eigenvalue weighted by atomic mass is 16.2. The highest BCUT2D eigenvalue weighted by molar-refractivity contribution is 5.78. The van der Waals surface area contributed by atoms with Crippen LogP contribution < -0.4 is 5.32 Å². The van der Waals surface area contributed by atoms with E-state index in [0.717, 1.165) is 38.2 Å². The third-order valence-corrected chi connectivity index (χ3v) is 5.35. The molecule has 2 aliphatic rings. The van der Waals surface area contributed by atoms with Crippen molar-refractivity contribution in [2.24, 2.45) is 7.05 Å². The maximum atomic E-state index is 12.6. The summed E-state index contributed by atoms with van der Waals surface area (Å²) in [4.78, 5) is 19.3. The molecule has 2 atom stereocenters. The molecule has 0 spiro atoms. The van der Waals surface area contributed by atoms with E-state index in [9.17, 15) is 4.79 Å². The number of carbonyl (C=O) groups is 1. The van der Waals surface area contributed by atoms with Crippen molar-refractivity contribution in [2.75, 3.05) is 0 Å². The number of rotatable bonds is 6. The maximum Gasteiger partial charge on any atom is 0.223 e. The summed E-state index contributed by atoms with van der Waals surface area (Å²) in [5.74, 6) is 1.24.